The maximum absolute atomic E-state index is 12.7. The van der Waals surface area contributed by atoms with Crippen LogP contribution in [0.3, 0.4) is 0 Å². The van der Waals surface area contributed by atoms with E-state index in [9.17, 15) is 8.42 Å². The molecule has 2 aliphatic rings. The van der Waals surface area contributed by atoms with E-state index in [0.717, 1.165) is 19.3 Å². The smallest absolute Gasteiger partial charge is 0.264 e. The summed E-state index contributed by atoms with van der Waals surface area (Å²) in [6, 6.07) is -0.0724. The van der Waals surface area contributed by atoms with Gasteiger partial charge in [-0.2, -0.15) is 4.31 Å². The number of sulfonamides is 1. The van der Waals surface area contributed by atoms with Crippen molar-refractivity contribution >= 4 is 21.6 Å². The second-order valence-corrected chi connectivity index (χ2v) is 7.14. The highest BCUT2D eigenvalue weighted by Crippen LogP contribution is 2.34. The molecule has 2 fully saturated rings. The minimum absolute atomic E-state index is 0.0195. The number of rotatable bonds is 2. The summed E-state index contributed by atoms with van der Waals surface area (Å²) >= 11 is 6.02. The van der Waals surface area contributed by atoms with Gasteiger partial charge in [-0.15, -0.1) is 0 Å². The summed E-state index contributed by atoms with van der Waals surface area (Å²) in [7, 11) is -1.96. The standard InChI is InChI=1S/C11H16ClN3O3S/c1-14-7-13-11(10(14)12)19(16,17)15-5-6-18-9-4-2-3-8(9)15/h7-9H,2-6H2,1H3. The van der Waals surface area contributed by atoms with E-state index in [1.165, 1.54) is 15.2 Å². The third-order valence-corrected chi connectivity index (χ3v) is 6.23. The minimum atomic E-state index is -3.64. The van der Waals surface area contributed by atoms with E-state index in [0.29, 0.717) is 13.2 Å². The van der Waals surface area contributed by atoms with Crippen molar-refractivity contribution < 1.29 is 13.2 Å². The van der Waals surface area contributed by atoms with Gasteiger partial charge in [0.2, 0.25) is 5.03 Å². The van der Waals surface area contributed by atoms with Gasteiger partial charge in [0.25, 0.3) is 10.0 Å². The monoisotopic (exact) mass is 305 g/mol. The van der Waals surface area contributed by atoms with Gasteiger partial charge in [-0.05, 0) is 19.3 Å². The molecule has 6 nitrogen and oxygen atoms in total. The molecule has 1 saturated carbocycles. The minimum Gasteiger partial charge on any atom is -0.375 e. The van der Waals surface area contributed by atoms with Gasteiger partial charge < -0.3 is 9.30 Å². The number of halogens is 1. The van der Waals surface area contributed by atoms with Crippen LogP contribution in [0.1, 0.15) is 19.3 Å². The lowest BCUT2D eigenvalue weighted by Gasteiger charge is -2.36. The Kier molecular flexibility index (Phi) is 3.33. The molecule has 0 spiro atoms. The number of aromatic nitrogens is 2. The third-order valence-electron chi connectivity index (χ3n) is 3.82. The molecule has 0 radical (unpaired) electrons. The van der Waals surface area contributed by atoms with Crippen molar-refractivity contribution in [1.82, 2.24) is 13.9 Å². The second-order valence-electron chi connectivity index (χ2n) is 4.97. The normalized spacial score (nSPS) is 28.5. The van der Waals surface area contributed by atoms with Crippen molar-refractivity contribution in [3.8, 4) is 0 Å². The van der Waals surface area contributed by atoms with Crippen LogP contribution in [-0.2, 0) is 21.8 Å². The van der Waals surface area contributed by atoms with Crippen LogP contribution in [0.4, 0.5) is 0 Å². The van der Waals surface area contributed by atoms with Crippen molar-refractivity contribution in [1.29, 1.82) is 0 Å². The van der Waals surface area contributed by atoms with E-state index in [2.05, 4.69) is 4.98 Å². The second kappa shape index (κ2) is 4.73. The molecule has 19 heavy (non-hydrogen) atoms. The molecular formula is C11H16ClN3O3S. The molecule has 1 aliphatic heterocycles. The van der Waals surface area contributed by atoms with E-state index < -0.39 is 10.0 Å². The van der Waals surface area contributed by atoms with Crippen LogP contribution in [0.5, 0.6) is 0 Å². The highest BCUT2D eigenvalue weighted by atomic mass is 35.5. The Morgan fingerprint density at radius 2 is 2.26 bits per heavy atom. The summed E-state index contributed by atoms with van der Waals surface area (Å²) in [5.74, 6) is 0. The molecule has 1 aromatic rings. The number of morpholine rings is 1. The van der Waals surface area contributed by atoms with Crippen LogP contribution in [-0.4, -0.2) is 47.6 Å². The number of hydrogen-bond acceptors (Lipinski definition) is 4. The quantitative estimate of drug-likeness (QED) is 0.818. The van der Waals surface area contributed by atoms with E-state index in [1.807, 2.05) is 0 Å². The molecule has 2 atom stereocenters. The number of nitrogens with zero attached hydrogens (tertiary/aromatic N) is 3. The molecule has 2 unspecified atom stereocenters. The summed E-state index contributed by atoms with van der Waals surface area (Å²) in [6.07, 6.45) is 4.20. The zero-order chi connectivity index (χ0) is 13.6. The summed E-state index contributed by atoms with van der Waals surface area (Å²) in [5, 5.41) is 0.102. The van der Waals surface area contributed by atoms with Crippen molar-refractivity contribution in [2.45, 2.75) is 36.4 Å². The Morgan fingerprint density at radius 3 is 2.95 bits per heavy atom. The molecule has 8 heteroatoms. The molecule has 0 N–H and O–H groups in total. The molecule has 0 aromatic carbocycles. The Morgan fingerprint density at radius 1 is 1.47 bits per heavy atom. The van der Waals surface area contributed by atoms with Gasteiger partial charge in [0.05, 0.1) is 25.1 Å². The molecule has 1 aromatic heterocycles. The zero-order valence-corrected chi connectivity index (χ0v) is 12.2. The van der Waals surface area contributed by atoms with E-state index in [-0.39, 0.29) is 22.3 Å². The Bertz CT molecular complexity index is 586. The Hall–Kier alpha value is -0.630. The van der Waals surface area contributed by atoms with Crippen molar-refractivity contribution in [2.75, 3.05) is 13.2 Å². The lowest BCUT2D eigenvalue weighted by atomic mass is 10.2. The van der Waals surface area contributed by atoms with Crippen LogP contribution in [0.2, 0.25) is 5.15 Å². The molecular weight excluding hydrogens is 290 g/mol. The third kappa shape index (κ3) is 2.08. The molecule has 2 heterocycles. The van der Waals surface area contributed by atoms with Gasteiger partial charge in [0.1, 0.15) is 5.15 Å². The first-order valence-corrected chi connectivity index (χ1v) is 8.14. The van der Waals surface area contributed by atoms with Gasteiger partial charge >= 0.3 is 0 Å². The topological polar surface area (TPSA) is 64.4 Å². The van der Waals surface area contributed by atoms with Gasteiger partial charge in [-0.3, -0.25) is 0 Å². The Balaban J connectivity index is 1.98. The lowest BCUT2D eigenvalue weighted by Crippen LogP contribution is -2.51. The highest BCUT2D eigenvalue weighted by molar-refractivity contribution is 7.89. The molecule has 106 valence electrons. The number of imidazole rings is 1. The van der Waals surface area contributed by atoms with Crippen molar-refractivity contribution in [3.05, 3.63) is 11.5 Å². The maximum Gasteiger partial charge on any atom is 0.264 e. The number of aryl methyl sites for hydroxylation is 1. The first-order chi connectivity index (χ1) is 9.01. The summed E-state index contributed by atoms with van der Waals surface area (Å²) in [5.41, 5.74) is 0. The summed E-state index contributed by atoms with van der Waals surface area (Å²) in [6.45, 7) is 0.807. The first kappa shape index (κ1) is 13.4. The lowest BCUT2D eigenvalue weighted by molar-refractivity contribution is -0.0242. The fraction of sp³-hybridized carbons (Fsp3) is 0.727. The average Bonchev–Trinajstić information content (AvgIpc) is 2.97. The van der Waals surface area contributed by atoms with Gasteiger partial charge in [-0.1, -0.05) is 11.6 Å². The molecule has 0 amide bonds. The van der Waals surface area contributed by atoms with Crippen LogP contribution in [0.15, 0.2) is 11.4 Å². The van der Waals surface area contributed by atoms with Crippen LogP contribution >= 0.6 is 11.6 Å². The zero-order valence-electron chi connectivity index (χ0n) is 10.6. The summed E-state index contributed by atoms with van der Waals surface area (Å²) < 4.78 is 34.0. The van der Waals surface area contributed by atoms with E-state index in [1.54, 1.807) is 7.05 Å². The predicted octanol–water partition coefficient (Wildman–Crippen LogP) is 1.02. The maximum atomic E-state index is 12.7. The highest BCUT2D eigenvalue weighted by Gasteiger charge is 2.43. The average molecular weight is 306 g/mol. The van der Waals surface area contributed by atoms with Crippen LogP contribution in [0, 0.1) is 0 Å². The fourth-order valence-electron chi connectivity index (χ4n) is 2.87. The first-order valence-electron chi connectivity index (χ1n) is 6.32. The summed E-state index contributed by atoms with van der Waals surface area (Å²) in [4.78, 5) is 3.94. The van der Waals surface area contributed by atoms with Gasteiger partial charge in [0, 0.05) is 13.6 Å². The molecule has 1 aliphatic carbocycles. The predicted molar refractivity (Wildman–Crippen MR) is 69.5 cm³/mol. The molecule has 1 saturated heterocycles. The Labute approximate surface area is 117 Å². The molecule has 0 bridgehead atoms. The van der Waals surface area contributed by atoms with Crippen molar-refractivity contribution in [2.24, 2.45) is 7.05 Å². The van der Waals surface area contributed by atoms with E-state index >= 15 is 0 Å². The van der Waals surface area contributed by atoms with E-state index in [4.69, 9.17) is 16.3 Å². The largest absolute Gasteiger partial charge is 0.375 e. The number of hydrogen-bond donors (Lipinski definition) is 0. The fourth-order valence-corrected chi connectivity index (χ4v) is 4.92. The van der Waals surface area contributed by atoms with Gasteiger partial charge in [-0.25, -0.2) is 13.4 Å². The number of ether oxygens (including phenoxy) is 1. The number of fused-ring (bicyclic) bond motifs is 1. The SMILES string of the molecule is Cn1cnc(S(=O)(=O)N2CCOC3CCCC32)c1Cl. The van der Waals surface area contributed by atoms with Crippen molar-refractivity contribution in [3.63, 3.8) is 0 Å². The van der Waals surface area contributed by atoms with Crippen LogP contribution < -0.4 is 0 Å². The van der Waals surface area contributed by atoms with Gasteiger partial charge in [0.15, 0.2) is 0 Å². The molecule has 3 rings (SSSR count). The van der Waals surface area contributed by atoms with Crippen LogP contribution in [0.25, 0.3) is 0 Å².